The van der Waals surface area contributed by atoms with E-state index in [9.17, 15) is 4.79 Å². The van der Waals surface area contributed by atoms with Crippen LogP contribution in [0.15, 0.2) is 0 Å². The molecule has 1 unspecified atom stereocenters. The number of rotatable bonds is 1. The van der Waals surface area contributed by atoms with Crippen LogP contribution >= 0.6 is 0 Å². The average molecular weight is 262 g/mol. The zero-order valence-electron chi connectivity index (χ0n) is 12.0. The van der Waals surface area contributed by atoms with Gasteiger partial charge in [0.25, 0.3) is 0 Å². The molecule has 1 atom stereocenters. The van der Waals surface area contributed by atoms with Crippen LogP contribution < -0.4 is 5.32 Å². The Labute approximate surface area is 116 Å². The first kappa shape index (κ1) is 12.2. The molecule has 3 nitrogen and oxygen atoms in total. The molecule has 0 radical (unpaired) electrons. The van der Waals surface area contributed by atoms with Crippen molar-refractivity contribution in [2.45, 2.75) is 63.5 Å². The number of carbonyl (C=O) groups excluding carboxylic acids is 1. The second-order valence-corrected chi connectivity index (χ2v) is 7.76. The number of hydrogen-bond acceptors (Lipinski definition) is 2. The van der Waals surface area contributed by atoms with Crippen molar-refractivity contribution >= 4 is 5.91 Å². The molecular weight excluding hydrogens is 236 g/mol. The summed E-state index contributed by atoms with van der Waals surface area (Å²) in [7, 11) is 0. The van der Waals surface area contributed by atoms with Crippen molar-refractivity contribution in [2.24, 2.45) is 17.8 Å². The highest BCUT2D eigenvalue weighted by Gasteiger charge is 2.54. The molecule has 5 aliphatic rings. The van der Waals surface area contributed by atoms with E-state index < -0.39 is 0 Å². The van der Waals surface area contributed by atoms with Gasteiger partial charge >= 0.3 is 0 Å². The molecule has 0 aromatic rings. The second kappa shape index (κ2) is 4.21. The maximum Gasteiger partial charge on any atom is 0.236 e. The average Bonchev–Trinajstić information content (AvgIpc) is 2.50. The Hall–Kier alpha value is -0.570. The highest BCUT2D eigenvalue weighted by molar-refractivity contribution is 5.79. The molecule has 4 aliphatic carbocycles. The Morgan fingerprint density at radius 1 is 1.11 bits per heavy atom. The van der Waals surface area contributed by atoms with Crippen LogP contribution in [0.1, 0.15) is 51.9 Å². The van der Waals surface area contributed by atoms with Crippen molar-refractivity contribution in [2.75, 3.05) is 13.1 Å². The third kappa shape index (κ3) is 1.93. The summed E-state index contributed by atoms with van der Waals surface area (Å²) < 4.78 is 0. The van der Waals surface area contributed by atoms with Gasteiger partial charge in [-0.05, 0) is 69.6 Å². The quantitative estimate of drug-likeness (QED) is 0.785. The number of hydrogen-bond donors (Lipinski definition) is 1. The molecule has 1 amide bonds. The fourth-order valence-electron chi connectivity index (χ4n) is 5.80. The Balaban J connectivity index is 1.61. The standard InChI is InChI=1S/C16H26N2O/c1-11-2-3-18(15(19)10-17-11)16-7-12-4-13(8-16)6-14(5-12)9-16/h11-14,17H,2-10H2,1H3. The molecule has 1 aliphatic heterocycles. The fourth-order valence-corrected chi connectivity index (χ4v) is 5.80. The largest absolute Gasteiger partial charge is 0.336 e. The first-order chi connectivity index (χ1) is 9.14. The van der Waals surface area contributed by atoms with Crippen LogP contribution in [0.4, 0.5) is 0 Å². The lowest BCUT2D eigenvalue weighted by molar-refractivity contribution is -0.148. The number of carbonyl (C=O) groups is 1. The van der Waals surface area contributed by atoms with E-state index >= 15 is 0 Å². The first-order valence-corrected chi connectivity index (χ1v) is 8.18. The zero-order chi connectivity index (χ0) is 13.0. The molecule has 1 N–H and O–H groups in total. The molecule has 4 saturated carbocycles. The van der Waals surface area contributed by atoms with Gasteiger partial charge in [0.2, 0.25) is 5.91 Å². The first-order valence-electron chi connectivity index (χ1n) is 8.18. The third-order valence-electron chi connectivity index (χ3n) is 6.27. The van der Waals surface area contributed by atoms with Crippen molar-refractivity contribution in [1.82, 2.24) is 10.2 Å². The summed E-state index contributed by atoms with van der Waals surface area (Å²) >= 11 is 0. The predicted molar refractivity (Wildman–Crippen MR) is 74.7 cm³/mol. The minimum Gasteiger partial charge on any atom is -0.336 e. The molecule has 5 fully saturated rings. The van der Waals surface area contributed by atoms with Crippen molar-refractivity contribution in [3.8, 4) is 0 Å². The topological polar surface area (TPSA) is 32.3 Å². The Morgan fingerprint density at radius 2 is 1.68 bits per heavy atom. The van der Waals surface area contributed by atoms with Crippen molar-refractivity contribution in [3.05, 3.63) is 0 Å². The molecule has 5 rings (SSSR count). The van der Waals surface area contributed by atoms with Crippen LogP contribution in [0.3, 0.4) is 0 Å². The van der Waals surface area contributed by atoms with Crippen LogP contribution in [-0.4, -0.2) is 35.5 Å². The van der Waals surface area contributed by atoms with Crippen molar-refractivity contribution in [1.29, 1.82) is 0 Å². The monoisotopic (exact) mass is 262 g/mol. The van der Waals surface area contributed by atoms with Crippen LogP contribution in [-0.2, 0) is 4.79 Å². The van der Waals surface area contributed by atoms with E-state index in [1.54, 1.807) is 0 Å². The van der Waals surface area contributed by atoms with Gasteiger partial charge in [-0.1, -0.05) is 0 Å². The minimum atomic E-state index is 0.261. The minimum absolute atomic E-state index is 0.261. The van der Waals surface area contributed by atoms with Gasteiger partial charge in [-0.2, -0.15) is 0 Å². The lowest BCUT2D eigenvalue weighted by Gasteiger charge is -2.60. The van der Waals surface area contributed by atoms with Crippen molar-refractivity contribution in [3.63, 3.8) is 0 Å². The number of nitrogens with one attached hydrogen (secondary N) is 1. The molecule has 1 saturated heterocycles. The summed E-state index contributed by atoms with van der Waals surface area (Å²) in [6, 6.07) is 0.489. The molecule has 0 aromatic heterocycles. The summed E-state index contributed by atoms with van der Waals surface area (Å²) in [5, 5.41) is 3.37. The Kier molecular flexibility index (Phi) is 2.70. The summed E-state index contributed by atoms with van der Waals surface area (Å²) in [6.07, 6.45) is 9.40. The lowest BCUT2D eigenvalue weighted by atomic mass is 9.52. The van der Waals surface area contributed by atoms with Crippen LogP contribution in [0.5, 0.6) is 0 Å². The Morgan fingerprint density at radius 3 is 2.26 bits per heavy atom. The Bertz CT molecular complexity index is 357. The summed E-state index contributed by atoms with van der Waals surface area (Å²) in [5.74, 6) is 3.14. The zero-order valence-corrected chi connectivity index (χ0v) is 12.0. The predicted octanol–water partition coefficient (Wildman–Crippen LogP) is 2.17. The van der Waals surface area contributed by atoms with Gasteiger partial charge in [0.1, 0.15) is 0 Å². The van der Waals surface area contributed by atoms with Crippen LogP contribution in [0.25, 0.3) is 0 Å². The maximum atomic E-state index is 12.5. The van der Waals surface area contributed by atoms with Gasteiger partial charge in [-0.3, -0.25) is 4.79 Å². The van der Waals surface area contributed by atoms with E-state index in [0.29, 0.717) is 18.5 Å². The molecule has 0 spiro atoms. The van der Waals surface area contributed by atoms with Gasteiger partial charge in [0, 0.05) is 18.1 Å². The highest BCUT2D eigenvalue weighted by atomic mass is 16.2. The van der Waals surface area contributed by atoms with E-state index in [2.05, 4.69) is 17.1 Å². The molecule has 1 heterocycles. The smallest absolute Gasteiger partial charge is 0.236 e. The lowest BCUT2D eigenvalue weighted by Crippen LogP contribution is -2.62. The van der Waals surface area contributed by atoms with E-state index in [4.69, 9.17) is 0 Å². The van der Waals surface area contributed by atoms with E-state index in [1.807, 2.05) is 0 Å². The molecule has 106 valence electrons. The second-order valence-electron chi connectivity index (χ2n) is 7.76. The molecule has 3 heteroatoms. The summed E-state index contributed by atoms with van der Waals surface area (Å²) in [4.78, 5) is 14.9. The molecule has 19 heavy (non-hydrogen) atoms. The van der Waals surface area contributed by atoms with E-state index in [-0.39, 0.29) is 5.54 Å². The number of amides is 1. The van der Waals surface area contributed by atoms with E-state index in [1.165, 1.54) is 38.5 Å². The van der Waals surface area contributed by atoms with Crippen LogP contribution in [0, 0.1) is 17.8 Å². The molecule has 4 bridgehead atoms. The van der Waals surface area contributed by atoms with Gasteiger partial charge < -0.3 is 10.2 Å². The number of nitrogens with zero attached hydrogens (tertiary/aromatic N) is 1. The maximum absolute atomic E-state index is 12.5. The van der Waals surface area contributed by atoms with E-state index in [0.717, 1.165) is 30.7 Å². The van der Waals surface area contributed by atoms with Gasteiger partial charge in [-0.25, -0.2) is 0 Å². The van der Waals surface area contributed by atoms with Gasteiger partial charge in [0.05, 0.1) is 6.54 Å². The third-order valence-corrected chi connectivity index (χ3v) is 6.27. The fraction of sp³-hybridized carbons (Fsp3) is 0.938. The summed E-state index contributed by atoms with van der Waals surface area (Å²) in [6.45, 7) is 3.75. The summed E-state index contributed by atoms with van der Waals surface area (Å²) in [5.41, 5.74) is 0.261. The van der Waals surface area contributed by atoms with Gasteiger partial charge in [0.15, 0.2) is 0 Å². The SMILES string of the molecule is CC1CCN(C23CC4CC(CC(C4)C2)C3)C(=O)CN1. The molecular formula is C16H26N2O. The normalized spacial score (nSPS) is 49.5. The molecule has 0 aromatic carbocycles. The van der Waals surface area contributed by atoms with Crippen LogP contribution in [0.2, 0.25) is 0 Å². The highest BCUT2D eigenvalue weighted by Crippen LogP contribution is 2.57. The van der Waals surface area contributed by atoms with Gasteiger partial charge in [-0.15, -0.1) is 0 Å². The van der Waals surface area contributed by atoms with Crippen molar-refractivity contribution < 1.29 is 4.79 Å².